The third-order valence-corrected chi connectivity index (χ3v) is 3.06. The van der Waals surface area contributed by atoms with Gasteiger partial charge < -0.3 is 10.2 Å². The molecule has 1 aromatic carbocycles. The fourth-order valence-electron chi connectivity index (χ4n) is 1.32. The van der Waals surface area contributed by atoms with Crippen molar-refractivity contribution in [2.75, 3.05) is 13.6 Å². The monoisotopic (exact) mass is 256 g/mol. The molecule has 0 fully saturated rings. The van der Waals surface area contributed by atoms with E-state index in [1.807, 2.05) is 36.2 Å². The molecule has 0 saturated carbocycles. The van der Waals surface area contributed by atoms with Crippen LogP contribution in [0.1, 0.15) is 18.9 Å². The van der Waals surface area contributed by atoms with Gasteiger partial charge in [0.15, 0.2) is 5.11 Å². The zero-order valence-electron chi connectivity index (χ0n) is 9.66. The Morgan fingerprint density at radius 1 is 1.44 bits per heavy atom. The summed E-state index contributed by atoms with van der Waals surface area (Å²) in [4.78, 5) is 1.99. The Bertz CT molecular complexity index is 355. The standard InChI is InChI=1S/C12H17ClN2S/c1-3-8-14-12(16)15(2)9-10-6-4-5-7-11(10)13/h4-7H,3,8-9H2,1-2H3,(H,14,16). The van der Waals surface area contributed by atoms with Crippen molar-refractivity contribution >= 4 is 28.9 Å². The van der Waals surface area contributed by atoms with E-state index in [1.54, 1.807) is 0 Å². The second-order valence-electron chi connectivity index (χ2n) is 3.68. The van der Waals surface area contributed by atoms with E-state index < -0.39 is 0 Å². The predicted molar refractivity (Wildman–Crippen MR) is 73.8 cm³/mol. The Balaban J connectivity index is 2.54. The molecular formula is C12H17ClN2S. The molecule has 0 aliphatic heterocycles. The lowest BCUT2D eigenvalue weighted by Crippen LogP contribution is -2.36. The van der Waals surface area contributed by atoms with Crippen LogP contribution in [0.3, 0.4) is 0 Å². The minimum absolute atomic E-state index is 0.731. The highest BCUT2D eigenvalue weighted by molar-refractivity contribution is 7.80. The average molecular weight is 257 g/mol. The number of hydrogen-bond donors (Lipinski definition) is 1. The Kier molecular flexibility index (Phi) is 5.56. The van der Waals surface area contributed by atoms with Gasteiger partial charge >= 0.3 is 0 Å². The second kappa shape index (κ2) is 6.71. The van der Waals surface area contributed by atoms with Gasteiger partial charge in [0.1, 0.15) is 0 Å². The highest BCUT2D eigenvalue weighted by atomic mass is 35.5. The largest absolute Gasteiger partial charge is 0.363 e. The summed E-state index contributed by atoms with van der Waals surface area (Å²) in [6.45, 7) is 3.75. The quantitative estimate of drug-likeness (QED) is 0.834. The van der Waals surface area contributed by atoms with E-state index in [-0.39, 0.29) is 0 Å². The van der Waals surface area contributed by atoms with Gasteiger partial charge in [-0.1, -0.05) is 36.7 Å². The van der Waals surface area contributed by atoms with E-state index in [1.165, 1.54) is 0 Å². The van der Waals surface area contributed by atoms with Crippen LogP contribution in [0.5, 0.6) is 0 Å². The SMILES string of the molecule is CCCNC(=S)N(C)Cc1ccccc1Cl. The van der Waals surface area contributed by atoms with E-state index in [0.29, 0.717) is 0 Å². The molecule has 0 radical (unpaired) electrons. The number of nitrogens with zero attached hydrogens (tertiary/aromatic N) is 1. The van der Waals surface area contributed by atoms with Crippen LogP contribution in [-0.4, -0.2) is 23.6 Å². The van der Waals surface area contributed by atoms with Crippen molar-refractivity contribution in [1.29, 1.82) is 0 Å². The molecule has 0 aliphatic rings. The molecule has 0 saturated heterocycles. The van der Waals surface area contributed by atoms with Crippen LogP contribution >= 0.6 is 23.8 Å². The minimum Gasteiger partial charge on any atom is -0.363 e. The summed E-state index contributed by atoms with van der Waals surface area (Å²) in [5.74, 6) is 0. The number of thiocarbonyl (C=S) groups is 1. The highest BCUT2D eigenvalue weighted by Gasteiger charge is 2.06. The van der Waals surface area contributed by atoms with Gasteiger partial charge in [-0.05, 0) is 30.3 Å². The van der Waals surface area contributed by atoms with E-state index >= 15 is 0 Å². The molecule has 0 spiro atoms. The maximum absolute atomic E-state index is 6.09. The van der Waals surface area contributed by atoms with Crippen LogP contribution in [0.2, 0.25) is 5.02 Å². The maximum Gasteiger partial charge on any atom is 0.168 e. The predicted octanol–water partition coefficient (Wildman–Crippen LogP) is 3.06. The summed E-state index contributed by atoms with van der Waals surface area (Å²) in [6.07, 6.45) is 1.07. The minimum atomic E-state index is 0.731. The number of rotatable bonds is 4. The Hall–Kier alpha value is -0.800. The number of benzene rings is 1. The topological polar surface area (TPSA) is 15.3 Å². The molecule has 1 rings (SSSR count). The van der Waals surface area contributed by atoms with Gasteiger partial charge in [0, 0.05) is 25.2 Å². The van der Waals surface area contributed by atoms with Gasteiger partial charge in [0.25, 0.3) is 0 Å². The van der Waals surface area contributed by atoms with E-state index in [4.69, 9.17) is 23.8 Å². The fraction of sp³-hybridized carbons (Fsp3) is 0.417. The first-order valence-corrected chi connectivity index (χ1v) is 6.16. The van der Waals surface area contributed by atoms with Crippen LogP contribution in [0.4, 0.5) is 0 Å². The molecule has 1 N–H and O–H groups in total. The van der Waals surface area contributed by atoms with Gasteiger partial charge in [-0.15, -0.1) is 0 Å². The molecule has 0 aliphatic carbocycles. The van der Waals surface area contributed by atoms with Gasteiger partial charge in [-0.3, -0.25) is 0 Å². The highest BCUT2D eigenvalue weighted by Crippen LogP contribution is 2.16. The molecule has 1 aromatic rings. The lowest BCUT2D eigenvalue weighted by atomic mass is 10.2. The molecule has 0 amide bonds. The molecule has 0 atom stereocenters. The molecule has 0 bridgehead atoms. The normalized spacial score (nSPS) is 9.94. The summed E-state index contributed by atoms with van der Waals surface area (Å²) in [5, 5.41) is 4.74. The van der Waals surface area contributed by atoms with Crippen molar-refractivity contribution in [1.82, 2.24) is 10.2 Å². The molecule has 2 nitrogen and oxygen atoms in total. The molecular weight excluding hydrogens is 240 g/mol. The number of hydrogen-bond acceptors (Lipinski definition) is 1. The fourth-order valence-corrected chi connectivity index (χ4v) is 1.68. The zero-order chi connectivity index (χ0) is 12.0. The first-order chi connectivity index (χ1) is 7.65. The summed E-state index contributed by atoms with van der Waals surface area (Å²) in [6, 6.07) is 7.82. The Morgan fingerprint density at radius 2 is 2.12 bits per heavy atom. The van der Waals surface area contributed by atoms with Gasteiger partial charge in [-0.25, -0.2) is 0 Å². The van der Waals surface area contributed by atoms with Crippen molar-refractivity contribution in [2.24, 2.45) is 0 Å². The van der Waals surface area contributed by atoms with Crippen molar-refractivity contribution in [3.63, 3.8) is 0 Å². The van der Waals surface area contributed by atoms with Crippen LogP contribution in [0, 0.1) is 0 Å². The number of nitrogens with one attached hydrogen (secondary N) is 1. The molecule has 16 heavy (non-hydrogen) atoms. The summed E-state index contributed by atoms with van der Waals surface area (Å²) in [7, 11) is 1.97. The summed E-state index contributed by atoms with van der Waals surface area (Å²) < 4.78 is 0. The van der Waals surface area contributed by atoms with Crippen LogP contribution in [0.15, 0.2) is 24.3 Å². The first kappa shape index (κ1) is 13.3. The Labute approximate surface area is 108 Å². The van der Waals surface area contributed by atoms with Crippen LogP contribution in [0.25, 0.3) is 0 Å². The van der Waals surface area contributed by atoms with E-state index in [0.717, 1.165) is 35.2 Å². The maximum atomic E-state index is 6.09. The first-order valence-electron chi connectivity index (χ1n) is 5.37. The molecule has 88 valence electrons. The van der Waals surface area contributed by atoms with Gasteiger partial charge in [0.2, 0.25) is 0 Å². The lowest BCUT2D eigenvalue weighted by molar-refractivity contribution is 0.489. The summed E-state index contributed by atoms with van der Waals surface area (Å²) >= 11 is 11.3. The zero-order valence-corrected chi connectivity index (χ0v) is 11.2. The molecule has 0 heterocycles. The lowest BCUT2D eigenvalue weighted by Gasteiger charge is -2.21. The second-order valence-corrected chi connectivity index (χ2v) is 4.47. The average Bonchev–Trinajstić information content (AvgIpc) is 2.28. The smallest absolute Gasteiger partial charge is 0.168 e. The number of halogens is 1. The van der Waals surface area contributed by atoms with E-state index in [9.17, 15) is 0 Å². The molecule has 0 unspecified atom stereocenters. The van der Waals surface area contributed by atoms with Gasteiger partial charge in [0.05, 0.1) is 0 Å². The van der Waals surface area contributed by atoms with Crippen LogP contribution < -0.4 is 5.32 Å². The molecule has 4 heteroatoms. The Morgan fingerprint density at radius 3 is 2.75 bits per heavy atom. The van der Waals surface area contributed by atoms with Crippen molar-refractivity contribution < 1.29 is 0 Å². The van der Waals surface area contributed by atoms with Gasteiger partial charge in [-0.2, -0.15) is 0 Å². The van der Waals surface area contributed by atoms with E-state index in [2.05, 4.69) is 12.2 Å². The van der Waals surface area contributed by atoms with Crippen molar-refractivity contribution in [3.8, 4) is 0 Å². The third kappa shape index (κ3) is 3.99. The third-order valence-electron chi connectivity index (χ3n) is 2.24. The van der Waals surface area contributed by atoms with Crippen LogP contribution in [-0.2, 0) is 6.54 Å². The summed E-state index contributed by atoms with van der Waals surface area (Å²) in [5.41, 5.74) is 1.09. The molecule has 0 aromatic heterocycles. The van der Waals surface area contributed by atoms with Crippen molar-refractivity contribution in [2.45, 2.75) is 19.9 Å². The van der Waals surface area contributed by atoms with Crippen molar-refractivity contribution in [3.05, 3.63) is 34.9 Å².